The van der Waals surface area contributed by atoms with Crippen molar-refractivity contribution in [3.05, 3.63) is 40.6 Å². The number of sulfonamides is 1. The minimum Gasteiger partial charge on any atom is -0.494 e. The molecular formula is C18H22N2O4S2. The average Bonchev–Trinajstić information content (AvgIpc) is 3.13. The van der Waals surface area contributed by atoms with Crippen LogP contribution in [0.3, 0.4) is 0 Å². The van der Waals surface area contributed by atoms with Crippen LogP contribution >= 0.6 is 11.3 Å². The summed E-state index contributed by atoms with van der Waals surface area (Å²) in [5.74, 6) is 0.502. The summed E-state index contributed by atoms with van der Waals surface area (Å²) < 4.78 is 31.4. The van der Waals surface area contributed by atoms with Gasteiger partial charge in [-0.15, -0.1) is 11.3 Å². The van der Waals surface area contributed by atoms with E-state index in [1.54, 1.807) is 29.5 Å². The van der Waals surface area contributed by atoms with Gasteiger partial charge in [0, 0.05) is 29.6 Å². The Kier molecular flexibility index (Phi) is 5.83. The van der Waals surface area contributed by atoms with Crippen LogP contribution in [0.2, 0.25) is 0 Å². The first-order valence-electron chi connectivity index (χ1n) is 8.50. The Bertz CT molecular complexity index is 863. The number of amides is 1. The van der Waals surface area contributed by atoms with E-state index in [2.05, 4.69) is 5.32 Å². The Morgan fingerprint density at radius 2 is 2.15 bits per heavy atom. The molecule has 1 aromatic heterocycles. The standard InChI is InChI=1S/C18H22N2O4S2/c1-24-17-13-14(19-18(21)9-7-15-5-4-11-25-15)6-8-16(17)20-10-2-3-12-26(20,22)23/h4-6,8,11,13H,2-3,7,9-10,12H2,1H3,(H,19,21). The molecule has 0 bridgehead atoms. The monoisotopic (exact) mass is 394 g/mol. The highest BCUT2D eigenvalue weighted by molar-refractivity contribution is 7.92. The molecule has 0 radical (unpaired) electrons. The molecule has 1 aliphatic heterocycles. The van der Waals surface area contributed by atoms with E-state index in [4.69, 9.17) is 4.74 Å². The highest BCUT2D eigenvalue weighted by Crippen LogP contribution is 2.34. The van der Waals surface area contributed by atoms with E-state index >= 15 is 0 Å². The molecule has 0 aliphatic carbocycles. The van der Waals surface area contributed by atoms with Crippen molar-refractivity contribution in [2.75, 3.05) is 29.0 Å². The maximum absolute atomic E-state index is 12.3. The van der Waals surface area contributed by atoms with Crippen LogP contribution < -0.4 is 14.4 Å². The van der Waals surface area contributed by atoms with Crippen molar-refractivity contribution in [1.82, 2.24) is 0 Å². The van der Waals surface area contributed by atoms with Crippen LogP contribution in [0.15, 0.2) is 35.7 Å². The van der Waals surface area contributed by atoms with E-state index in [9.17, 15) is 13.2 Å². The molecule has 1 aliphatic rings. The van der Waals surface area contributed by atoms with Crippen molar-refractivity contribution >= 4 is 38.6 Å². The molecule has 26 heavy (non-hydrogen) atoms. The molecule has 3 rings (SSSR count). The van der Waals surface area contributed by atoms with Crippen LogP contribution in [-0.4, -0.2) is 33.7 Å². The molecule has 2 aromatic rings. The second-order valence-corrected chi connectivity index (χ2v) is 9.15. The number of hydrogen-bond acceptors (Lipinski definition) is 5. The molecule has 0 saturated carbocycles. The molecule has 2 heterocycles. The fraction of sp³-hybridized carbons (Fsp3) is 0.389. The fourth-order valence-corrected chi connectivity index (χ4v) is 5.29. The Hall–Kier alpha value is -2.06. The minimum atomic E-state index is -3.31. The smallest absolute Gasteiger partial charge is 0.235 e. The van der Waals surface area contributed by atoms with Crippen LogP contribution in [-0.2, 0) is 21.2 Å². The van der Waals surface area contributed by atoms with Crippen molar-refractivity contribution in [3.63, 3.8) is 0 Å². The summed E-state index contributed by atoms with van der Waals surface area (Å²) in [7, 11) is -1.81. The summed E-state index contributed by atoms with van der Waals surface area (Å²) >= 11 is 1.63. The number of hydrogen-bond donors (Lipinski definition) is 1. The molecule has 6 nitrogen and oxygen atoms in total. The Morgan fingerprint density at radius 1 is 1.31 bits per heavy atom. The predicted molar refractivity (Wildman–Crippen MR) is 105 cm³/mol. The number of ether oxygens (including phenoxy) is 1. The van der Waals surface area contributed by atoms with Gasteiger partial charge in [-0.25, -0.2) is 8.42 Å². The summed E-state index contributed by atoms with van der Waals surface area (Å²) in [6.07, 6.45) is 2.60. The summed E-state index contributed by atoms with van der Waals surface area (Å²) in [6, 6.07) is 9.05. The normalized spacial score (nSPS) is 16.3. The summed E-state index contributed by atoms with van der Waals surface area (Å²) in [5.41, 5.74) is 1.11. The molecule has 1 fully saturated rings. The maximum Gasteiger partial charge on any atom is 0.235 e. The van der Waals surface area contributed by atoms with Gasteiger partial charge in [0.05, 0.1) is 18.6 Å². The van der Waals surface area contributed by atoms with Gasteiger partial charge in [-0.1, -0.05) is 6.07 Å². The summed E-state index contributed by atoms with van der Waals surface area (Å²) in [6.45, 7) is 0.450. The highest BCUT2D eigenvalue weighted by atomic mass is 32.2. The van der Waals surface area contributed by atoms with Gasteiger partial charge in [-0.3, -0.25) is 9.10 Å². The largest absolute Gasteiger partial charge is 0.494 e. The van der Waals surface area contributed by atoms with Crippen LogP contribution in [0.5, 0.6) is 5.75 Å². The van der Waals surface area contributed by atoms with Crippen molar-refractivity contribution in [2.45, 2.75) is 25.7 Å². The van der Waals surface area contributed by atoms with Crippen LogP contribution in [0.25, 0.3) is 0 Å². The number of carbonyl (C=O) groups is 1. The van der Waals surface area contributed by atoms with Gasteiger partial charge in [-0.2, -0.15) is 0 Å². The zero-order chi connectivity index (χ0) is 18.6. The molecule has 1 amide bonds. The van der Waals surface area contributed by atoms with Gasteiger partial charge in [0.1, 0.15) is 5.75 Å². The lowest BCUT2D eigenvalue weighted by atomic mass is 10.2. The van der Waals surface area contributed by atoms with Gasteiger partial charge < -0.3 is 10.1 Å². The van der Waals surface area contributed by atoms with Crippen LogP contribution in [0, 0.1) is 0 Å². The first-order chi connectivity index (χ1) is 12.5. The lowest BCUT2D eigenvalue weighted by Crippen LogP contribution is -2.38. The van der Waals surface area contributed by atoms with Crippen LogP contribution in [0.1, 0.15) is 24.1 Å². The second-order valence-electron chi connectivity index (χ2n) is 6.11. The highest BCUT2D eigenvalue weighted by Gasteiger charge is 2.28. The maximum atomic E-state index is 12.3. The Balaban J connectivity index is 1.71. The fourth-order valence-electron chi connectivity index (χ4n) is 2.94. The molecule has 8 heteroatoms. The molecular weight excluding hydrogens is 372 g/mol. The minimum absolute atomic E-state index is 0.0844. The molecule has 1 saturated heterocycles. The van der Waals surface area contributed by atoms with Gasteiger partial charge >= 0.3 is 0 Å². The average molecular weight is 395 g/mol. The molecule has 0 unspecified atom stereocenters. The second kappa shape index (κ2) is 8.09. The lowest BCUT2D eigenvalue weighted by Gasteiger charge is -2.29. The molecule has 1 N–H and O–H groups in total. The molecule has 1 aromatic carbocycles. The van der Waals surface area contributed by atoms with E-state index in [1.165, 1.54) is 16.3 Å². The number of aryl methyl sites for hydroxylation is 1. The van der Waals surface area contributed by atoms with E-state index in [1.807, 2.05) is 17.5 Å². The van der Waals surface area contributed by atoms with Gasteiger partial charge in [0.15, 0.2) is 0 Å². The third-order valence-corrected chi connectivity index (χ3v) is 7.05. The first kappa shape index (κ1) is 18.7. The van der Waals surface area contributed by atoms with Crippen LogP contribution in [0.4, 0.5) is 11.4 Å². The number of benzene rings is 1. The van der Waals surface area contributed by atoms with E-state index in [-0.39, 0.29) is 11.7 Å². The van der Waals surface area contributed by atoms with Gasteiger partial charge in [0.2, 0.25) is 15.9 Å². The quantitative estimate of drug-likeness (QED) is 0.816. The lowest BCUT2D eigenvalue weighted by molar-refractivity contribution is -0.116. The molecule has 140 valence electrons. The van der Waals surface area contributed by atoms with E-state index < -0.39 is 10.0 Å². The van der Waals surface area contributed by atoms with Crippen molar-refractivity contribution in [3.8, 4) is 5.75 Å². The van der Waals surface area contributed by atoms with Crippen molar-refractivity contribution in [2.24, 2.45) is 0 Å². The number of nitrogens with zero attached hydrogens (tertiary/aromatic N) is 1. The number of rotatable bonds is 6. The third-order valence-electron chi connectivity index (χ3n) is 4.26. The topological polar surface area (TPSA) is 75.7 Å². The van der Waals surface area contributed by atoms with Gasteiger partial charge in [0.25, 0.3) is 0 Å². The van der Waals surface area contributed by atoms with Crippen molar-refractivity contribution < 1.29 is 17.9 Å². The predicted octanol–water partition coefficient (Wildman–Crippen LogP) is 3.26. The number of nitrogens with one attached hydrogen (secondary N) is 1. The SMILES string of the molecule is COc1cc(NC(=O)CCc2cccs2)ccc1N1CCCCS1(=O)=O. The van der Waals surface area contributed by atoms with Gasteiger partial charge in [-0.05, 0) is 42.8 Å². The van der Waals surface area contributed by atoms with E-state index in [0.29, 0.717) is 42.9 Å². The molecule has 0 spiro atoms. The number of methoxy groups -OCH3 is 1. The number of thiophene rings is 1. The first-order valence-corrected chi connectivity index (χ1v) is 11.0. The Morgan fingerprint density at radius 3 is 2.85 bits per heavy atom. The summed E-state index contributed by atoms with van der Waals surface area (Å²) in [5, 5.41) is 4.84. The summed E-state index contributed by atoms with van der Waals surface area (Å²) in [4.78, 5) is 13.3. The van der Waals surface area contributed by atoms with E-state index in [0.717, 1.165) is 6.42 Å². The number of carbonyl (C=O) groups excluding carboxylic acids is 1. The van der Waals surface area contributed by atoms with Crippen molar-refractivity contribution in [1.29, 1.82) is 0 Å². The zero-order valence-electron chi connectivity index (χ0n) is 14.6. The third kappa shape index (κ3) is 4.37. The molecule has 0 atom stereocenters. The zero-order valence-corrected chi connectivity index (χ0v) is 16.2. The Labute approximate surface area is 157 Å². The number of anilines is 2.